The number of benzene rings is 3. The van der Waals surface area contributed by atoms with Crippen LogP contribution in [0.4, 0.5) is 5.69 Å². The van der Waals surface area contributed by atoms with Crippen LogP contribution in [0.2, 0.25) is 5.02 Å². The van der Waals surface area contributed by atoms with Gasteiger partial charge in [0.2, 0.25) is 0 Å². The van der Waals surface area contributed by atoms with Gasteiger partial charge in [-0.1, -0.05) is 48.0 Å². The summed E-state index contributed by atoms with van der Waals surface area (Å²) in [4.78, 5) is 22.3. The number of amides is 1. The summed E-state index contributed by atoms with van der Waals surface area (Å²) in [7, 11) is -4.20. The van der Waals surface area contributed by atoms with E-state index in [2.05, 4.69) is 10.5 Å². The number of hydrogen-bond donors (Lipinski definition) is 1. The minimum Gasteiger partial charge on any atom is -0.267 e. The molecule has 0 aliphatic rings. The molecule has 0 fully saturated rings. The van der Waals surface area contributed by atoms with Crippen molar-refractivity contribution in [2.45, 2.75) is 4.90 Å². The zero-order valence-corrected chi connectivity index (χ0v) is 18.3. The minimum atomic E-state index is -4.20. The maximum absolute atomic E-state index is 13.3. The Balaban J connectivity index is 1.72. The Hall–Kier alpha value is -4.02. The molecule has 0 saturated carbocycles. The number of fused-ring (bicyclic) bond motifs is 1. The Morgan fingerprint density at radius 1 is 1.06 bits per heavy atom. The van der Waals surface area contributed by atoms with Crippen LogP contribution in [0.25, 0.3) is 10.9 Å². The Labute approximate surface area is 193 Å². The van der Waals surface area contributed by atoms with E-state index in [0.29, 0.717) is 22.0 Å². The largest absolute Gasteiger partial charge is 0.289 e. The third-order valence-electron chi connectivity index (χ3n) is 4.79. The second-order valence-corrected chi connectivity index (χ2v) is 9.06. The molecule has 33 heavy (non-hydrogen) atoms. The first kappa shape index (κ1) is 22.2. The van der Waals surface area contributed by atoms with Crippen LogP contribution in [0.3, 0.4) is 0 Å². The van der Waals surface area contributed by atoms with Gasteiger partial charge in [-0.3, -0.25) is 14.9 Å². The molecular weight excluding hydrogens is 468 g/mol. The lowest BCUT2D eigenvalue weighted by Gasteiger charge is -2.08. The fourth-order valence-corrected chi connectivity index (χ4v) is 4.78. The lowest BCUT2D eigenvalue weighted by Crippen LogP contribution is -2.17. The molecule has 4 aromatic rings. The normalized spacial score (nSPS) is 11.7. The van der Waals surface area contributed by atoms with Crippen LogP contribution >= 0.6 is 11.6 Å². The minimum absolute atomic E-state index is 0.168. The van der Waals surface area contributed by atoms with Gasteiger partial charge in [0.1, 0.15) is 5.02 Å². The van der Waals surface area contributed by atoms with Crippen molar-refractivity contribution in [2.24, 2.45) is 5.10 Å². The van der Waals surface area contributed by atoms with Crippen molar-refractivity contribution in [1.29, 1.82) is 0 Å². The van der Waals surface area contributed by atoms with Gasteiger partial charge in [-0.05, 0) is 30.3 Å². The Morgan fingerprint density at radius 3 is 2.48 bits per heavy atom. The molecule has 0 atom stereocenters. The fourth-order valence-electron chi connectivity index (χ4n) is 3.20. The molecule has 166 valence electrons. The third kappa shape index (κ3) is 4.34. The van der Waals surface area contributed by atoms with Gasteiger partial charge in [-0.15, -0.1) is 0 Å². The number of halogens is 1. The number of hydrazone groups is 1. The molecule has 4 rings (SSSR count). The Bertz CT molecular complexity index is 1510. The first-order valence-electron chi connectivity index (χ1n) is 9.47. The third-order valence-corrected chi connectivity index (χ3v) is 6.77. The number of rotatable bonds is 6. The molecule has 0 aliphatic heterocycles. The van der Waals surface area contributed by atoms with Gasteiger partial charge in [0.25, 0.3) is 21.6 Å². The number of aromatic nitrogens is 1. The van der Waals surface area contributed by atoms with E-state index in [-0.39, 0.29) is 9.92 Å². The summed E-state index contributed by atoms with van der Waals surface area (Å²) < 4.78 is 27.6. The molecule has 0 saturated heterocycles. The summed E-state index contributed by atoms with van der Waals surface area (Å²) in [5.41, 5.74) is 3.07. The number of para-hydroxylation sites is 1. The predicted octanol–water partition coefficient (Wildman–Crippen LogP) is 4.20. The summed E-state index contributed by atoms with van der Waals surface area (Å²) in [6, 6.07) is 18.5. The highest BCUT2D eigenvalue weighted by molar-refractivity contribution is 7.90. The van der Waals surface area contributed by atoms with Crippen molar-refractivity contribution in [2.75, 3.05) is 0 Å². The fraction of sp³-hybridized carbons (Fsp3) is 0. The molecule has 0 unspecified atom stereocenters. The monoisotopic (exact) mass is 482 g/mol. The molecule has 0 aliphatic carbocycles. The summed E-state index contributed by atoms with van der Waals surface area (Å²) >= 11 is 5.82. The molecule has 1 aromatic heterocycles. The highest BCUT2D eigenvalue weighted by Gasteiger charge is 2.24. The van der Waals surface area contributed by atoms with Crippen LogP contribution in [0.1, 0.15) is 15.9 Å². The van der Waals surface area contributed by atoms with Gasteiger partial charge in [0.05, 0.1) is 21.6 Å². The van der Waals surface area contributed by atoms with Gasteiger partial charge < -0.3 is 0 Å². The molecule has 11 heteroatoms. The molecule has 0 radical (unpaired) electrons. The van der Waals surface area contributed by atoms with E-state index >= 15 is 0 Å². The van der Waals surface area contributed by atoms with Crippen molar-refractivity contribution in [3.05, 3.63) is 105 Å². The number of hydrogen-bond acceptors (Lipinski definition) is 6. The quantitative estimate of drug-likeness (QED) is 0.250. The van der Waals surface area contributed by atoms with Gasteiger partial charge >= 0.3 is 0 Å². The average Bonchev–Trinajstić information content (AvgIpc) is 3.19. The Morgan fingerprint density at radius 2 is 1.76 bits per heavy atom. The number of nitrogens with one attached hydrogen (secondary N) is 1. The van der Waals surface area contributed by atoms with Gasteiger partial charge in [0, 0.05) is 28.8 Å². The SMILES string of the molecule is O=C(N/N=C/c1cn(S(=O)(=O)c2ccc(Cl)c([N+](=O)[O-])c2)c2ccccc12)c1ccccc1. The Kier molecular flexibility index (Phi) is 5.95. The highest BCUT2D eigenvalue weighted by atomic mass is 35.5. The molecule has 1 heterocycles. The number of nitro groups is 1. The molecule has 1 N–H and O–H groups in total. The number of nitrogens with zero attached hydrogens (tertiary/aromatic N) is 3. The summed E-state index contributed by atoms with van der Waals surface area (Å²) in [5, 5.41) is 15.5. The second kappa shape index (κ2) is 8.85. The highest BCUT2D eigenvalue weighted by Crippen LogP contribution is 2.30. The van der Waals surface area contributed by atoms with Crippen LogP contribution < -0.4 is 5.43 Å². The predicted molar refractivity (Wildman–Crippen MR) is 124 cm³/mol. The van der Waals surface area contributed by atoms with E-state index in [0.717, 1.165) is 10.0 Å². The standard InChI is InChI=1S/C22H15ClN4O5S/c23-19-11-10-17(12-21(19)27(29)30)33(31,32)26-14-16(18-8-4-5-9-20(18)26)13-24-25-22(28)15-6-2-1-3-7-15/h1-14H,(H,25,28)/b24-13+. The van der Waals surface area contributed by atoms with Crippen LogP contribution in [-0.4, -0.2) is 29.4 Å². The topological polar surface area (TPSA) is 124 Å². The summed E-state index contributed by atoms with van der Waals surface area (Å²) in [6.45, 7) is 0. The van der Waals surface area contributed by atoms with Crippen molar-refractivity contribution in [1.82, 2.24) is 9.40 Å². The smallest absolute Gasteiger partial charge is 0.267 e. The number of carbonyl (C=O) groups is 1. The van der Waals surface area contributed by atoms with Gasteiger partial charge in [-0.25, -0.2) is 17.8 Å². The second-order valence-electron chi connectivity index (χ2n) is 6.84. The zero-order valence-electron chi connectivity index (χ0n) is 16.8. The van der Waals surface area contributed by atoms with E-state index < -0.39 is 26.5 Å². The van der Waals surface area contributed by atoms with Crippen molar-refractivity contribution < 1.29 is 18.1 Å². The van der Waals surface area contributed by atoms with Crippen molar-refractivity contribution in [3.8, 4) is 0 Å². The van der Waals surface area contributed by atoms with E-state index in [1.807, 2.05) is 0 Å². The van der Waals surface area contributed by atoms with E-state index in [1.54, 1.807) is 54.6 Å². The van der Waals surface area contributed by atoms with Crippen LogP contribution in [0.15, 0.2) is 89.0 Å². The molecular formula is C22H15ClN4O5S. The number of nitro benzene ring substituents is 1. The summed E-state index contributed by atoms with van der Waals surface area (Å²) in [5.74, 6) is -0.420. The zero-order chi connectivity index (χ0) is 23.6. The van der Waals surface area contributed by atoms with Crippen molar-refractivity contribution >= 4 is 50.3 Å². The maximum atomic E-state index is 13.3. The van der Waals surface area contributed by atoms with E-state index in [1.165, 1.54) is 24.5 Å². The first-order chi connectivity index (χ1) is 15.8. The molecule has 1 amide bonds. The first-order valence-corrected chi connectivity index (χ1v) is 11.3. The van der Waals surface area contributed by atoms with E-state index in [9.17, 15) is 23.3 Å². The van der Waals surface area contributed by atoms with Crippen LogP contribution in [-0.2, 0) is 10.0 Å². The lowest BCUT2D eigenvalue weighted by atomic mass is 10.2. The molecule has 9 nitrogen and oxygen atoms in total. The average molecular weight is 483 g/mol. The number of carbonyl (C=O) groups excluding carboxylic acids is 1. The summed E-state index contributed by atoms with van der Waals surface area (Å²) in [6.07, 6.45) is 2.66. The van der Waals surface area contributed by atoms with E-state index in [4.69, 9.17) is 11.6 Å². The van der Waals surface area contributed by atoms with Crippen LogP contribution in [0, 0.1) is 10.1 Å². The van der Waals surface area contributed by atoms with Crippen LogP contribution in [0.5, 0.6) is 0 Å². The maximum Gasteiger partial charge on any atom is 0.289 e. The van der Waals surface area contributed by atoms with Gasteiger partial charge in [-0.2, -0.15) is 5.10 Å². The lowest BCUT2D eigenvalue weighted by molar-refractivity contribution is -0.384. The molecule has 3 aromatic carbocycles. The molecule has 0 bridgehead atoms. The molecule has 0 spiro atoms. The van der Waals surface area contributed by atoms with Gasteiger partial charge in [0.15, 0.2) is 0 Å². The van der Waals surface area contributed by atoms with Crippen molar-refractivity contribution in [3.63, 3.8) is 0 Å².